The average Bonchev–Trinajstić information content (AvgIpc) is 2.26. The standard InChI is InChI=1S/C12H18O4S/c1-12(2,9-16-17(4,13)14)10-6-5-7-11(8-10)15-3/h5-8H,9H2,1-4H3. The molecule has 0 unspecified atom stereocenters. The molecule has 0 fully saturated rings. The van der Waals surface area contributed by atoms with Crippen LogP contribution < -0.4 is 4.74 Å². The Morgan fingerprint density at radius 1 is 1.29 bits per heavy atom. The SMILES string of the molecule is COc1cccc(C(C)(C)COS(C)(=O)=O)c1. The van der Waals surface area contributed by atoms with Crippen LogP contribution in [-0.4, -0.2) is 28.4 Å². The van der Waals surface area contributed by atoms with E-state index in [9.17, 15) is 8.42 Å². The fourth-order valence-electron chi connectivity index (χ4n) is 1.38. The summed E-state index contributed by atoms with van der Waals surface area (Å²) in [5.74, 6) is 0.745. The second-order valence-electron chi connectivity index (χ2n) is 4.58. The Morgan fingerprint density at radius 3 is 2.47 bits per heavy atom. The van der Waals surface area contributed by atoms with E-state index < -0.39 is 15.5 Å². The van der Waals surface area contributed by atoms with E-state index in [2.05, 4.69) is 0 Å². The first-order chi connectivity index (χ1) is 7.74. The van der Waals surface area contributed by atoms with Gasteiger partial charge in [-0.3, -0.25) is 4.18 Å². The van der Waals surface area contributed by atoms with E-state index in [1.54, 1.807) is 7.11 Å². The maximum absolute atomic E-state index is 11.0. The van der Waals surface area contributed by atoms with Crippen LogP contribution in [0.15, 0.2) is 24.3 Å². The molecule has 1 rings (SSSR count). The molecule has 17 heavy (non-hydrogen) atoms. The predicted octanol–water partition coefficient (Wildman–Crippen LogP) is 1.95. The fraction of sp³-hybridized carbons (Fsp3) is 0.500. The number of methoxy groups -OCH3 is 1. The zero-order valence-corrected chi connectivity index (χ0v) is 11.4. The summed E-state index contributed by atoms with van der Waals surface area (Å²) < 4.78 is 32.0. The molecule has 0 amide bonds. The molecule has 5 heteroatoms. The number of rotatable bonds is 5. The van der Waals surface area contributed by atoms with Gasteiger partial charge in [0.1, 0.15) is 5.75 Å². The molecule has 0 spiro atoms. The van der Waals surface area contributed by atoms with E-state index in [1.165, 1.54) is 0 Å². The number of hydrogen-bond acceptors (Lipinski definition) is 4. The highest BCUT2D eigenvalue weighted by molar-refractivity contribution is 7.85. The quantitative estimate of drug-likeness (QED) is 0.757. The fourth-order valence-corrected chi connectivity index (χ4v) is 1.89. The van der Waals surface area contributed by atoms with Gasteiger partial charge in [0.15, 0.2) is 0 Å². The number of ether oxygens (including phenoxy) is 1. The van der Waals surface area contributed by atoms with E-state index in [0.29, 0.717) is 0 Å². The molecule has 0 aromatic heterocycles. The van der Waals surface area contributed by atoms with Gasteiger partial charge in [0.2, 0.25) is 0 Å². The highest BCUT2D eigenvalue weighted by Crippen LogP contribution is 2.27. The van der Waals surface area contributed by atoms with Crippen molar-refractivity contribution in [3.63, 3.8) is 0 Å². The molecule has 0 heterocycles. The lowest BCUT2D eigenvalue weighted by Gasteiger charge is -2.24. The third-order valence-corrected chi connectivity index (χ3v) is 3.03. The van der Waals surface area contributed by atoms with Gasteiger partial charge in [-0.2, -0.15) is 8.42 Å². The van der Waals surface area contributed by atoms with E-state index in [1.807, 2.05) is 38.1 Å². The van der Waals surface area contributed by atoms with E-state index in [4.69, 9.17) is 8.92 Å². The Bertz CT molecular complexity index is 477. The molecular formula is C12H18O4S. The van der Waals surface area contributed by atoms with Crippen LogP contribution in [0.25, 0.3) is 0 Å². The van der Waals surface area contributed by atoms with Crippen LogP contribution in [0.5, 0.6) is 5.75 Å². The third-order valence-electron chi connectivity index (χ3n) is 2.49. The summed E-state index contributed by atoms with van der Waals surface area (Å²) in [7, 11) is -1.82. The minimum atomic E-state index is -3.41. The zero-order chi connectivity index (χ0) is 13.1. The molecule has 0 aliphatic carbocycles. The lowest BCUT2D eigenvalue weighted by molar-refractivity contribution is 0.247. The van der Waals surface area contributed by atoms with Crippen molar-refractivity contribution in [1.29, 1.82) is 0 Å². The summed E-state index contributed by atoms with van der Waals surface area (Å²) in [5, 5.41) is 0. The first-order valence-electron chi connectivity index (χ1n) is 5.23. The van der Waals surface area contributed by atoms with Crippen molar-refractivity contribution in [3.8, 4) is 5.75 Å². The first-order valence-corrected chi connectivity index (χ1v) is 7.05. The molecule has 0 saturated carbocycles. The number of hydrogen-bond donors (Lipinski definition) is 0. The first kappa shape index (κ1) is 14.0. The Balaban J connectivity index is 2.88. The molecule has 96 valence electrons. The normalized spacial score (nSPS) is 12.5. The summed E-state index contributed by atoms with van der Waals surface area (Å²) in [6, 6.07) is 7.52. The van der Waals surface area contributed by atoms with Crippen molar-refractivity contribution in [2.45, 2.75) is 19.3 Å². The van der Waals surface area contributed by atoms with Gasteiger partial charge in [0, 0.05) is 5.41 Å². The van der Waals surface area contributed by atoms with Crippen molar-refractivity contribution >= 4 is 10.1 Å². The van der Waals surface area contributed by atoms with Gasteiger partial charge >= 0.3 is 0 Å². The summed E-state index contributed by atoms with van der Waals surface area (Å²) >= 11 is 0. The molecule has 0 saturated heterocycles. The average molecular weight is 258 g/mol. The molecular weight excluding hydrogens is 240 g/mol. The van der Waals surface area contributed by atoms with Gasteiger partial charge in [-0.25, -0.2) is 0 Å². The Hall–Kier alpha value is -1.07. The van der Waals surface area contributed by atoms with E-state index in [0.717, 1.165) is 17.6 Å². The molecule has 0 aliphatic rings. The molecule has 0 radical (unpaired) electrons. The predicted molar refractivity (Wildman–Crippen MR) is 66.8 cm³/mol. The van der Waals surface area contributed by atoms with Gasteiger partial charge < -0.3 is 4.74 Å². The minimum absolute atomic E-state index is 0.110. The van der Waals surface area contributed by atoms with Gasteiger partial charge in [-0.05, 0) is 17.7 Å². The topological polar surface area (TPSA) is 52.6 Å². The maximum Gasteiger partial charge on any atom is 0.264 e. The molecule has 0 aliphatic heterocycles. The largest absolute Gasteiger partial charge is 0.497 e. The maximum atomic E-state index is 11.0. The Labute approximate surface area is 103 Å². The molecule has 1 aromatic rings. The van der Waals surface area contributed by atoms with Crippen LogP contribution in [0.1, 0.15) is 19.4 Å². The highest BCUT2D eigenvalue weighted by Gasteiger charge is 2.23. The van der Waals surface area contributed by atoms with Gasteiger partial charge in [-0.1, -0.05) is 26.0 Å². The van der Waals surface area contributed by atoms with Crippen LogP contribution in [-0.2, 0) is 19.7 Å². The monoisotopic (exact) mass is 258 g/mol. The van der Waals surface area contributed by atoms with Gasteiger partial charge in [0.05, 0.1) is 20.0 Å². The molecule has 4 nitrogen and oxygen atoms in total. The lowest BCUT2D eigenvalue weighted by atomic mass is 9.85. The Kier molecular flexibility index (Phi) is 4.16. The van der Waals surface area contributed by atoms with Gasteiger partial charge in [0.25, 0.3) is 10.1 Å². The molecule has 0 bridgehead atoms. The summed E-state index contributed by atoms with van der Waals surface area (Å²) in [6.45, 7) is 3.96. The third kappa shape index (κ3) is 4.36. The van der Waals surface area contributed by atoms with Crippen molar-refractivity contribution in [2.75, 3.05) is 20.0 Å². The number of benzene rings is 1. The minimum Gasteiger partial charge on any atom is -0.497 e. The summed E-state index contributed by atoms with van der Waals surface area (Å²) in [4.78, 5) is 0. The van der Waals surface area contributed by atoms with Crippen LogP contribution in [0.3, 0.4) is 0 Å². The summed E-state index contributed by atoms with van der Waals surface area (Å²) in [5.41, 5.74) is 0.581. The summed E-state index contributed by atoms with van der Waals surface area (Å²) in [6.07, 6.45) is 1.05. The van der Waals surface area contributed by atoms with Crippen LogP contribution in [0, 0.1) is 0 Å². The van der Waals surface area contributed by atoms with Crippen LogP contribution >= 0.6 is 0 Å². The lowest BCUT2D eigenvalue weighted by Crippen LogP contribution is -2.26. The second kappa shape index (κ2) is 5.06. The molecule has 0 atom stereocenters. The van der Waals surface area contributed by atoms with Crippen molar-refractivity contribution in [1.82, 2.24) is 0 Å². The van der Waals surface area contributed by atoms with Crippen LogP contribution in [0.2, 0.25) is 0 Å². The van der Waals surface area contributed by atoms with E-state index in [-0.39, 0.29) is 6.61 Å². The smallest absolute Gasteiger partial charge is 0.264 e. The van der Waals surface area contributed by atoms with Crippen molar-refractivity contribution < 1.29 is 17.3 Å². The van der Waals surface area contributed by atoms with Crippen molar-refractivity contribution in [2.24, 2.45) is 0 Å². The highest BCUT2D eigenvalue weighted by atomic mass is 32.2. The molecule has 0 N–H and O–H groups in total. The Morgan fingerprint density at radius 2 is 1.94 bits per heavy atom. The van der Waals surface area contributed by atoms with Crippen molar-refractivity contribution in [3.05, 3.63) is 29.8 Å². The van der Waals surface area contributed by atoms with Crippen LogP contribution in [0.4, 0.5) is 0 Å². The second-order valence-corrected chi connectivity index (χ2v) is 6.23. The molecule has 1 aromatic carbocycles. The van der Waals surface area contributed by atoms with E-state index >= 15 is 0 Å². The van der Waals surface area contributed by atoms with Gasteiger partial charge in [-0.15, -0.1) is 0 Å². The zero-order valence-electron chi connectivity index (χ0n) is 10.6.